The topological polar surface area (TPSA) is 213 Å². The number of anilines is 3. The van der Waals surface area contributed by atoms with E-state index in [1.165, 1.54) is 4.90 Å². The van der Waals surface area contributed by atoms with Crippen LogP contribution in [0, 0.1) is 12.3 Å². The summed E-state index contributed by atoms with van der Waals surface area (Å²) in [7, 11) is 0. The first kappa shape index (κ1) is 45.8. The second kappa shape index (κ2) is 19.6. The molecule has 1 aromatic carbocycles. The molecule has 4 aliphatic rings. The SMILES string of the molecule is CC(C)(C)OC(=O)N1CCN(c2cc(/C(N)=N/OC3CN(c4cc(/C(N)=N/O)nc(-c5c#cncc5)c4)CCN3C(=O)OC(C)(C)C)cc(N3CCC(N4CCOCC4)CC3)c2)CC1. The monoisotopic (exact) mass is 882 g/mol. The molecule has 0 spiro atoms. The maximum absolute atomic E-state index is 13.7. The molecule has 19 nitrogen and oxygen atoms in total. The molecule has 5 N–H and O–H groups in total. The number of nitrogens with two attached hydrogens (primary N) is 2. The van der Waals surface area contributed by atoms with E-state index < -0.39 is 23.5 Å². The van der Waals surface area contributed by atoms with Crippen molar-refractivity contribution >= 4 is 40.9 Å². The van der Waals surface area contributed by atoms with Crippen molar-refractivity contribution in [3.05, 3.63) is 66.1 Å². The van der Waals surface area contributed by atoms with E-state index in [0.717, 1.165) is 63.6 Å². The first-order valence-electron chi connectivity index (χ1n) is 22.0. The second-order valence-electron chi connectivity index (χ2n) is 18.4. The van der Waals surface area contributed by atoms with Gasteiger partial charge in [-0.15, -0.1) is 0 Å². The molecular formula is C45H62N12O7. The van der Waals surface area contributed by atoms with Gasteiger partial charge in [-0.25, -0.2) is 19.6 Å². The number of oxime groups is 2. The molecule has 2 amide bonds. The third-order valence-electron chi connectivity index (χ3n) is 11.5. The largest absolute Gasteiger partial charge is 0.444 e. The van der Waals surface area contributed by atoms with Gasteiger partial charge in [0.2, 0.25) is 6.23 Å². The number of benzene rings is 1. The lowest BCUT2D eigenvalue weighted by Gasteiger charge is -2.41. The standard InChI is InChI=1S/C45H62N12O7/c1-44(2,3)62-42(58)55-17-15-53(16-18-55)35-26-32(25-34(27-35)52-13-9-33(10-14-52)54-21-23-61-24-22-54)40(46)51-64-39-30-56(19-20-57(39)43(59)63-45(4,5)6)36-28-37(31-7-11-48-12-8-31)49-38(29-36)41(47)50-60/h7,11,25-29,33,39,60H,9-10,13-24,30H2,1-6H3,(H2,46,51)(H2,47,50). The van der Waals surface area contributed by atoms with Crippen LogP contribution >= 0.6 is 0 Å². The molecule has 0 radical (unpaired) electrons. The average molecular weight is 883 g/mol. The van der Waals surface area contributed by atoms with Gasteiger partial charge >= 0.3 is 12.2 Å². The summed E-state index contributed by atoms with van der Waals surface area (Å²) in [6.45, 7) is 19.2. The van der Waals surface area contributed by atoms with Gasteiger partial charge in [-0.05, 0) is 96.8 Å². The number of pyridine rings is 1. The van der Waals surface area contributed by atoms with Gasteiger partial charge in [-0.3, -0.25) is 9.80 Å². The Morgan fingerprint density at radius 1 is 0.781 bits per heavy atom. The summed E-state index contributed by atoms with van der Waals surface area (Å²) in [6, 6.07) is 15.0. The summed E-state index contributed by atoms with van der Waals surface area (Å²) in [5, 5.41) is 17.2. The van der Waals surface area contributed by atoms with Crippen molar-refractivity contribution in [1.29, 1.82) is 0 Å². The third kappa shape index (κ3) is 11.6. The van der Waals surface area contributed by atoms with Crippen LogP contribution in [-0.4, -0.2) is 162 Å². The lowest BCUT2D eigenvalue weighted by Crippen LogP contribution is -2.57. The molecule has 7 rings (SSSR count). The van der Waals surface area contributed by atoms with Crippen LogP contribution in [0.25, 0.3) is 11.3 Å². The minimum atomic E-state index is -0.935. The van der Waals surface area contributed by atoms with E-state index in [1.54, 1.807) is 44.0 Å². The molecule has 6 heterocycles. The molecule has 19 heteroatoms. The number of rotatable bonds is 9. The van der Waals surface area contributed by atoms with Gasteiger partial charge in [0, 0.05) is 107 Å². The Morgan fingerprint density at radius 3 is 2.03 bits per heavy atom. The van der Waals surface area contributed by atoms with Crippen molar-refractivity contribution in [3.63, 3.8) is 0 Å². The number of nitrogens with zero attached hydrogens (tertiary/aromatic N) is 10. The van der Waals surface area contributed by atoms with Crippen LogP contribution in [0.3, 0.4) is 0 Å². The average Bonchev–Trinajstić information content (AvgIpc) is 3.29. The molecule has 2 aromatic heterocycles. The molecule has 64 heavy (non-hydrogen) atoms. The Kier molecular flexibility index (Phi) is 14.0. The molecule has 0 saturated carbocycles. The first-order chi connectivity index (χ1) is 30.5. The summed E-state index contributed by atoms with van der Waals surface area (Å²) >= 11 is 0. The number of piperidine rings is 1. The van der Waals surface area contributed by atoms with Gasteiger partial charge in [-0.2, -0.15) is 0 Å². The van der Waals surface area contributed by atoms with Crippen LogP contribution in [0.2, 0.25) is 0 Å². The Labute approximate surface area is 375 Å². The van der Waals surface area contributed by atoms with Crippen molar-refractivity contribution in [2.75, 3.05) is 99.9 Å². The third-order valence-corrected chi connectivity index (χ3v) is 11.5. The number of carbonyl (C=O) groups is 2. The minimum absolute atomic E-state index is 0.129. The van der Waals surface area contributed by atoms with Crippen molar-refractivity contribution in [2.45, 2.75) is 77.9 Å². The number of ether oxygens (including phenoxy) is 3. The molecular weight excluding hydrogens is 821 g/mol. The van der Waals surface area contributed by atoms with E-state index in [-0.39, 0.29) is 36.5 Å². The molecule has 1 unspecified atom stereocenters. The molecule has 3 aromatic rings. The van der Waals surface area contributed by atoms with Gasteiger partial charge < -0.3 is 55.3 Å². The van der Waals surface area contributed by atoms with E-state index in [4.69, 9.17) is 30.5 Å². The maximum atomic E-state index is 13.7. The zero-order chi connectivity index (χ0) is 45.6. The number of hydrogen-bond donors (Lipinski definition) is 3. The highest BCUT2D eigenvalue weighted by Crippen LogP contribution is 2.31. The molecule has 4 fully saturated rings. The van der Waals surface area contributed by atoms with Gasteiger partial charge in [0.25, 0.3) is 0 Å². The fourth-order valence-corrected chi connectivity index (χ4v) is 8.24. The Bertz CT molecular complexity index is 2140. The predicted molar refractivity (Wildman–Crippen MR) is 242 cm³/mol. The number of carbonyl (C=O) groups excluding carboxylic acids is 2. The lowest BCUT2D eigenvalue weighted by atomic mass is 10.0. The van der Waals surface area contributed by atoms with Crippen molar-refractivity contribution in [3.8, 4) is 11.3 Å². The van der Waals surface area contributed by atoms with E-state index in [0.29, 0.717) is 61.3 Å². The van der Waals surface area contributed by atoms with Gasteiger partial charge in [0.1, 0.15) is 16.9 Å². The molecule has 1 atom stereocenters. The van der Waals surface area contributed by atoms with Gasteiger partial charge in [-0.1, -0.05) is 10.3 Å². The fourth-order valence-electron chi connectivity index (χ4n) is 8.24. The smallest absolute Gasteiger partial charge is 0.413 e. The normalized spacial score (nSPS) is 19.9. The molecule has 0 aliphatic carbocycles. The number of amides is 2. The molecule has 344 valence electrons. The van der Waals surface area contributed by atoms with Crippen molar-refractivity contribution in [2.24, 2.45) is 21.8 Å². The van der Waals surface area contributed by atoms with Crippen LogP contribution in [0.1, 0.15) is 65.6 Å². The van der Waals surface area contributed by atoms with Crippen LogP contribution in [0.5, 0.6) is 0 Å². The molecule has 4 aliphatic heterocycles. The fraction of sp³-hybridized carbons (Fsp3) is 0.556. The van der Waals surface area contributed by atoms with Gasteiger partial charge in [0.05, 0.1) is 31.0 Å². The zero-order valence-corrected chi connectivity index (χ0v) is 37.8. The minimum Gasteiger partial charge on any atom is -0.444 e. The van der Waals surface area contributed by atoms with Crippen LogP contribution < -0.4 is 26.2 Å². The Hall–Kier alpha value is -6.26. The van der Waals surface area contributed by atoms with Crippen LogP contribution in [0.4, 0.5) is 26.7 Å². The number of piperazine rings is 2. The summed E-state index contributed by atoms with van der Waals surface area (Å²) in [5.74, 6) is -0.0449. The number of amidine groups is 2. The summed E-state index contributed by atoms with van der Waals surface area (Å²) < 4.78 is 17.1. The zero-order valence-electron chi connectivity index (χ0n) is 37.8. The highest BCUT2D eigenvalue weighted by molar-refractivity contribution is 5.99. The Balaban J connectivity index is 1.16. The van der Waals surface area contributed by atoms with Crippen molar-refractivity contribution in [1.82, 2.24) is 24.7 Å². The van der Waals surface area contributed by atoms with Crippen LogP contribution in [-0.2, 0) is 19.0 Å². The highest BCUT2D eigenvalue weighted by atomic mass is 16.7. The summed E-state index contributed by atoms with van der Waals surface area (Å²) in [4.78, 5) is 53.8. The van der Waals surface area contributed by atoms with Gasteiger partial charge in [0.15, 0.2) is 11.7 Å². The summed E-state index contributed by atoms with van der Waals surface area (Å²) in [5.41, 5.74) is 16.2. The van der Waals surface area contributed by atoms with E-state index >= 15 is 0 Å². The van der Waals surface area contributed by atoms with E-state index in [1.807, 2.05) is 43.9 Å². The molecule has 4 saturated heterocycles. The highest BCUT2D eigenvalue weighted by Gasteiger charge is 2.36. The molecule has 0 bridgehead atoms. The number of hydrogen-bond acceptors (Lipinski definition) is 15. The Morgan fingerprint density at radius 2 is 1.41 bits per heavy atom. The predicted octanol–water partition coefficient (Wildman–Crippen LogP) is 3.92. The number of morpholine rings is 1. The van der Waals surface area contributed by atoms with E-state index in [9.17, 15) is 14.8 Å². The van der Waals surface area contributed by atoms with E-state index in [2.05, 4.69) is 53.3 Å². The lowest BCUT2D eigenvalue weighted by molar-refractivity contribution is -0.0697. The second-order valence-corrected chi connectivity index (χ2v) is 18.4. The quantitative estimate of drug-likeness (QED) is 0.120. The van der Waals surface area contributed by atoms with Crippen molar-refractivity contribution < 1.29 is 33.8 Å². The first-order valence-corrected chi connectivity index (χ1v) is 22.0. The number of aromatic nitrogens is 2. The maximum Gasteiger partial charge on any atom is 0.413 e. The summed E-state index contributed by atoms with van der Waals surface area (Å²) in [6.07, 6.45) is 4.52. The van der Waals surface area contributed by atoms with Crippen LogP contribution in [0.15, 0.2) is 52.9 Å².